The van der Waals surface area contributed by atoms with E-state index in [0.29, 0.717) is 31.6 Å². The van der Waals surface area contributed by atoms with Gasteiger partial charge in [0.2, 0.25) is 10.4 Å². The minimum atomic E-state index is -4.73. The van der Waals surface area contributed by atoms with Crippen LogP contribution in [0.1, 0.15) is 65.7 Å². The van der Waals surface area contributed by atoms with Gasteiger partial charge in [0.05, 0.1) is 12.2 Å². The van der Waals surface area contributed by atoms with Crippen molar-refractivity contribution >= 4 is 16.2 Å². The van der Waals surface area contributed by atoms with Crippen molar-refractivity contribution < 1.29 is 56.6 Å². The zero-order chi connectivity index (χ0) is 20.5. The van der Waals surface area contributed by atoms with Gasteiger partial charge in [0.15, 0.2) is 0 Å². The van der Waals surface area contributed by atoms with E-state index in [-0.39, 0.29) is 63.9 Å². The Morgan fingerprint density at radius 1 is 1.21 bits per heavy atom. The minimum Gasteiger partial charge on any atom is -0.726 e. The van der Waals surface area contributed by atoms with Gasteiger partial charge < -0.3 is 9.66 Å². The maximum Gasteiger partial charge on any atom is 1.00 e. The molecule has 8 atom stereocenters. The van der Waals surface area contributed by atoms with Crippen LogP contribution in [0.4, 0.5) is 0 Å². The van der Waals surface area contributed by atoms with Gasteiger partial charge in [-0.2, -0.15) is 0 Å². The molecule has 0 heterocycles. The maximum atomic E-state index is 12.2. The molecule has 0 aromatic carbocycles. The molecule has 3 saturated carbocycles. The molecule has 1 unspecified atom stereocenters. The molecule has 0 aromatic heterocycles. The van der Waals surface area contributed by atoms with E-state index in [9.17, 15) is 22.9 Å². The smallest absolute Gasteiger partial charge is 0.726 e. The van der Waals surface area contributed by atoms with E-state index in [1.807, 2.05) is 0 Å². The minimum absolute atomic E-state index is 0. The summed E-state index contributed by atoms with van der Waals surface area (Å²) in [6, 6.07) is 0. The molecule has 1 N–H and O–H groups in total. The van der Waals surface area contributed by atoms with E-state index < -0.39 is 22.6 Å². The van der Waals surface area contributed by atoms with E-state index in [4.69, 9.17) is 4.18 Å². The summed E-state index contributed by atoms with van der Waals surface area (Å²) in [6.07, 6.45) is 6.22. The van der Waals surface area contributed by atoms with Gasteiger partial charge in [0.1, 0.15) is 5.78 Å². The van der Waals surface area contributed by atoms with Crippen LogP contribution in [0.5, 0.6) is 0 Å². The van der Waals surface area contributed by atoms with Crippen LogP contribution < -0.4 is 29.6 Å². The van der Waals surface area contributed by atoms with Crippen molar-refractivity contribution in [3.05, 3.63) is 11.6 Å². The third-order valence-electron chi connectivity index (χ3n) is 8.74. The van der Waals surface area contributed by atoms with Crippen LogP contribution in [-0.4, -0.2) is 36.1 Å². The topological polar surface area (TPSA) is 104 Å². The Morgan fingerprint density at radius 2 is 1.90 bits per heavy atom. The Bertz CT molecular complexity index is 810. The van der Waals surface area contributed by atoms with E-state index in [0.717, 1.165) is 19.3 Å². The van der Waals surface area contributed by atoms with Crippen LogP contribution >= 0.6 is 0 Å². The summed E-state index contributed by atoms with van der Waals surface area (Å²) in [5.74, 6) is 0.956. The molecule has 0 radical (unpaired) electrons. The molecule has 4 aliphatic carbocycles. The number of aliphatic hydroxyl groups excluding tert-OH is 1. The monoisotopic (exact) mass is 434 g/mol. The normalized spacial score (nSPS) is 46.6. The van der Waals surface area contributed by atoms with E-state index >= 15 is 0 Å². The Balaban J connectivity index is 0.00000240. The van der Waals surface area contributed by atoms with Crippen molar-refractivity contribution in [2.75, 3.05) is 0 Å². The number of Topliss-reactive ketones (excluding diaryl/α,β-unsaturated/α-hetero) is 1. The molecule has 0 aliphatic heterocycles. The van der Waals surface area contributed by atoms with Gasteiger partial charge in [-0.15, -0.1) is 0 Å². The van der Waals surface area contributed by atoms with E-state index in [1.165, 1.54) is 5.57 Å². The van der Waals surface area contributed by atoms with Crippen LogP contribution in [0, 0.1) is 34.5 Å². The summed E-state index contributed by atoms with van der Waals surface area (Å²) in [4.78, 5) is 12.2. The molecular weight excluding hydrogens is 403 g/mol. The molecule has 4 aliphatic rings. The van der Waals surface area contributed by atoms with Gasteiger partial charge in [-0.05, 0) is 80.5 Å². The molecule has 0 spiro atoms. The van der Waals surface area contributed by atoms with Crippen LogP contribution in [0.25, 0.3) is 0 Å². The number of carbonyl (C=O) groups is 1. The first-order chi connectivity index (χ1) is 13.0. The molecule has 3 fully saturated rings. The summed E-state index contributed by atoms with van der Waals surface area (Å²) >= 11 is 0. The Morgan fingerprint density at radius 3 is 2.52 bits per heavy atom. The first kappa shape index (κ1) is 23.9. The zero-order valence-corrected chi connectivity index (χ0v) is 20.7. The van der Waals surface area contributed by atoms with Gasteiger partial charge in [-0.3, -0.25) is 8.98 Å². The van der Waals surface area contributed by atoms with Crippen LogP contribution in [0.15, 0.2) is 11.6 Å². The van der Waals surface area contributed by atoms with Gasteiger partial charge >= 0.3 is 29.6 Å². The van der Waals surface area contributed by atoms with Crippen molar-refractivity contribution in [3.63, 3.8) is 0 Å². The summed E-state index contributed by atoms with van der Waals surface area (Å²) in [5, 5.41) is 11.0. The standard InChI is InChI=1S/C21H32O6S.Na/c1-12(22)15-4-5-16-14-11-19(23)18-10-13(27-28(24,25)26)6-8-21(18,3)17(14)7-9-20(15,16)2;/h7,13-16,18-19,23H,4-6,8-11H2,1-3H3,(H,24,25,26);/q;+1/p-1/t13-,14-,15+,16-,18?,19-,20+,21+;/m0./s1. The number of rotatable bonds is 3. The van der Waals surface area contributed by atoms with Gasteiger partial charge in [0.25, 0.3) is 0 Å². The quantitative estimate of drug-likeness (QED) is 0.290. The average molecular weight is 435 g/mol. The zero-order valence-electron chi connectivity index (χ0n) is 17.9. The predicted molar refractivity (Wildman–Crippen MR) is 102 cm³/mol. The molecule has 0 saturated heterocycles. The summed E-state index contributed by atoms with van der Waals surface area (Å²) in [5.41, 5.74) is 1.16. The van der Waals surface area contributed by atoms with Gasteiger partial charge in [0, 0.05) is 5.92 Å². The van der Waals surface area contributed by atoms with Crippen molar-refractivity contribution in [3.8, 4) is 0 Å². The first-order valence-corrected chi connectivity index (χ1v) is 11.8. The average Bonchev–Trinajstić information content (AvgIpc) is 2.92. The molecule has 0 amide bonds. The summed E-state index contributed by atoms with van der Waals surface area (Å²) in [7, 11) is -4.73. The Kier molecular flexibility index (Phi) is 6.58. The van der Waals surface area contributed by atoms with Crippen LogP contribution in [0.2, 0.25) is 0 Å². The largest absolute Gasteiger partial charge is 1.00 e. The van der Waals surface area contributed by atoms with Crippen molar-refractivity contribution in [1.82, 2.24) is 0 Å². The number of fused-ring (bicyclic) bond motifs is 5. The second-order valence-corrected chi connectivity index (χ2v) is 11.1. The fourth-order valence-electron chi connectivity index (χ4n) is 7.46. The summed E-state index contributed by atoms with van der Waals surface area (Å²) in [6.45, 7) is 6.13. The number of hydrogen-bond donors (Lipinski definition) is 1. The van der Waals surface area contributed by atoms with Crippen LogP contribution in [0.3, 0.4) is 0 Å². The van der Waals surface area contributed by atoms with Crippen molar-refractivity contribution in [1.29, 1.82) is 0 Å². The Hall–Kier alpha value is 0.240. The third kappa shape index (κ3) is 3.94. The second-order valence-electron chi connectivity index (χ2n) is 10.1. The number of allylic oxidation sites excluding steroid dienone is 2. The Labute approximate surface area is 196 Å². The molecule has 0 aromatic rings. The fourth-order valence-corrected chi connectivity index (χ4v) is 7.97. The van der Waals surface area contributed by atoms with Gasteiger partial charge in [-0.1, -0.05) is 25.5 Å². The van der Waals surface area contributed by atoms with Crippen molar-refractivity contribution in [2.45, 2.75) is 77.9 Å². The second kappa shape index (κ2) is 7.98. The van der Waals surface area contributed by atoms with Crippen LogP contribution in [-0.2, 0) is 19.4 Å². The fraction of sp³-hybridized carbons (Fsp3) is 0.857. The van der Waals surface area contributed by atoms with E-state index in [2.05, 4.69) is 19.9 Å². The number of carbonyl (C=O) groups excluding carboxylic acids is 1. The molecule has 158 valence electrons. The molecular formula is C21H31NaO6S. The molecule has 8 heteroatoms. The maximum absolute atomic E-state index is 12.2. The first-order valence-electron chi connectivity index (χ1n) is 10.5. The molecule has 4 rings (SSSR count). The molecule has 6 nitrogen and oxygen atoms in total. The SMILES string of the molecule is CC(=O)[C@H]1CC[C@H]2[C@@H]3C[C@H](O)C4C[C@@H](OS(=O)(=O)[O-])CC[C@]4(C)C3=CC[C@]12C.[Na+]. The molecule has 29 heavy (non-hydrogen) atoms. The van der Waals surface area contributed by atoms with E-state index in [1.54, 1.807) is 6.92 Å². The van der Waals surface area contributed by atoms with Crippen molar-refractivity contribution in [2.24, 2.45) is 34.5 Å². The van der Waals surface area contributed by atoms with Gasteiger partial charge in [-0.25, -0.2) is 8.42 Å². The number of aliphatic hydroxyl groups is 1. The predicted octanol–water partition coefficient (Wildman–Crippen LogP) is -0.0254. The number of hydrogen-bond acceptors (Lipinski definition) is 6. The molecule has 0 bridgehead atoms. The summed E-state index contributed by atoms with van der Waals surface area (Å²) < 4.78 is 37.8. The third-order valence-corrected chi connectivity index (χ3v) is 9.25. The number of ketones is 1.